The van der Waals surface area contributed by atoms with Gasteiger partial charge in [-0.1, -0.05) is 53.8 Å². The lowest BCUT2D eigenvalue weighted by atomic mass is 9.83. The molecule has 1 amide bonds. The minimum absolute atomic E-state index is 0.0280. The fourth-order valence-electron chi connectivity index (χ4n) is 6.23. The first-order chi connectivity index (χ1) is 19.4. The number of aliphatic carboxylic acids is 1. The van der Waals surface area contributed by atoms with E-state index < -0.39 is 5.97 Å². The first-order valence-corrected chi connectivity index (χ1v) is 14.1. The number of hydrogen-bond donors (Lipinski definition) is 1. The summed E-state index contributed by atoms with van der Waals surface area (Å²) in [6.07, 6.45) is 7.86. The van der Waals surface area contributed by atoms with Crippen LogP contribution in [0.1, 0.15) is 74.5 Å². The molecule has 0 unspecified atom stereocenters. The number of aryl methyl sites for hydroxylation is 3. The smallest absolute Gasteiger partial charge is 0.304 e. The molecule has 4 aromatic rings. The summed E-state index contributed by atoms with van der Waals surface area (Å²) < 4.78 is 1.95. The van der Waals surface area contributed by atoms with E-state index in [1.54, 1.807) is 0 Å². The number of hydrogen-bond acceptors (Lipinski definition) is 4. The molecule has 3 aromatic carbocycles. The molecule has 5 aliphatic rings. The van der Waals surface area contributed by atoms with Crippen LogP contribution in [-0.2, 0) is 30.7 Å². The number of carbonyl (C=O) groups is 2. The van der Waals surface area contributed by atoms with E-state index in [4.69, 9.17) is 0 Å². The molecular weight excluding hydrogens is 500 g/mol. The van der Waals surface area contributed by atoms with Crippen molar-refractivity contribution in [2.24, 2.45) is 0 Å². The van der Waals surface area contributed by atoms with E-state index in [1.165, 1.54) is 11.1 Å². The van der Waals surface area contributed by atoms with Gasteiger partial charge < -0.3 is 10.0 Å². The van der Waals surface area contributed by atoms with E-state index in [0.29, 0.717) is 13.1 Å². The summed E-state index contributed by atoms with van der Waals surface area (Å²) in [6, 6.07) is 16.5. The topological polar surface area (TPSA) is 88.3 Å². The summed E-state index contributed by atoms with van der Waals surface area (Å²) in [5, 5.41) is 18.8. The Morgan fingerprint density at radius 3 is 2.73 bits per heavy atom. The highest BCUT2D eigenvalue weighted by Crippen LogP contribution is 2.35. The maximum Gasteiger partial charge on any atom is 0.304 e. The number of aromatic nitrogens is 3. The number of amides is 1. The molecule has 1 N–H and O–H groups in total. The van der Waals surface area contributed by atoms with Gasteiger partial charge in [-0.25, -0.2) is 4.68 Å². The molecule has 7 nitrogen and oxygen atoms in total. The molecule has 0 aliphatic carbocycles. The summed E-state index contributed by atoms with van der Waals surface area (Å²) >= 11 is 0. The van der Waals surface area contributed by atoms with Crippen LogP contribution in [0.5, 0.6) is 0 Å². The van der Waals surface area contributed by atoms with Crippen molar-refractivity contribution in [2.75, 3.05) is 6.54 Å². The molecule has 5 aliphatic heterocycles. The van der Waals surface area contributed by atoms with E-state index in [9.17, 15) is 14.7 Å². The Morgan fingerprint density at radius 1 is 1.02 bits per heavy atom. The van der Waals surface area contributed by atoms with Crippen molar-refractivity contribution in [3.05, 3.63) is 105 Å². The summed E-state index contributed by atoms with van der Waals surface area (Å²) in [5.74, 6) is -1.14. The normalized spacial score (nSPS) is 18.3. The largest absolute Gasteiger partial charge is 0.481 e. The second-order valence-electron chi connectivity index (χ2n) is 11.1. The van der Waals surface area contributed by atoms with Crippen LogP contribution in [0.4, 0.5) is 0 Å². The molecule has 0 spiro atoms. The molecular formula is C33H34N4O3. The van der Waals surface area contributed by atoms with Gasteiger partial charge >= 0.3 is 5.97 Å². The molecule has 0 saturated heterocycles. The Kier molecular flexibility index (Phi) is 6.96. The molecule has 0 fully saturated rings. The highest BCUT2D eigenvalue weighted by atomic mass is 16.4. The first-order valence-electron chi connectivity index (χ1n) is 14.1. The van der Waals surface area contributed by atoms with Crippen molar-refractivity contribution in [1.29, 1.82) is 0 Å². The minimum atomic E-state index is -0.851. The summed E-state index contributed by atoms with van der Waals surface area (Å²) in [5.41, 5.74) is 9.87. The van der Waals surface area contributed by atoms with Crippen molar-refractivity contribution in [1.82, 2.24) is 19.9 Å². The van der Waals surface area contributed by atoms with Gasteiger partial charge in [0.2, 0.25) is 0 Å². The van der Waals surface area contributed by atoms with Crippen LogP contribution >= 0.6 is 0 Å². The van der Waals surface area contributed by atoms with Crippen LogP contribution in [0.25, 0.3) is 11.0 Å². The van der Waals surface area contributed by atoms with Crippen molar-refractivity contribution >= 4 is 22.9 Å². The second kappa shape index (κ2) is 10.7. The van der Waals surface area contributed by atoms with Crippen LogP contribution in [0, 0.1) is 13.8 Å². The zero-order chi connectivity index (χ0) is 27.8. The van der Waals surface area contributed by atoms with Gasteiger partial charge in [-0.2, -0.15) is 0 Å². The third kappa shape index (κ3) is 4.92. The molecule has 1 aromatic heterocycles. The van der Waals surface area contributed by atoms with E-state index in [2.05, 4.69) is 52.8 Å². The Hall–Kier alpha value is -4.26. The van der Waals surface area contributed by atoms with Gasteiger partial charge in [0.05, 0.1) is 11.9 Å². The van der Waals surface area contributed by atoms with Crippen molar-refractivity contribution in [3.63, 3.8) is 0 Å². The van der Waals surface area contributed by atoms with Gasteiger partial charge in [0.25, 0.3) is 5.91 Å². The second-order valence-corrected chi connectivity index (χ2v) is 11.1. The SMILES string of the molecule is Cc1cc2ccc1C(=O)N1CCc3ccc(cc3C1)[C@@H](CC(=O)O)c1ccc3c(nnn3CCC/C=C/C2)c1C. The lowest BCUT2D eigenvalue weighted by molar-refractivity contribution is -0.137. The van der Waals surface area contributed by atoms with Crippen molar-refractivity contribution < 1.29 is 14.7 Å². The van der Waals surface area contributed by atoms with Crippen LogP contribution in [0.3, 0.4) is 0 Å². The van der Waals surface area contributed by atoms with Crippen LogP contribution < -0.4 is 0 Å². The Bertz CT molecular complexity index is 1650. The molecule has 7 heteroatoms. The minimum Gasteiger partial charge on any atom is -0.481 e. The molecule has 0 radical (unpaired) electrons. The van der Waals surface area contributed by atoms with Gasteiger partial charge in [0.15, 0.2) is 0 Å². The molecule has 1 atom stereocenters. The van der Waals surface area contributed by atoms with Crippen molar-refractivity contribution in [3.8, 4) is 0 Å². The first kappa shape index (κ1) is 26.0. The monoisotopic (exact) mass is 534 g/mol. The number of carboxylic acid groups (broad SMARTS) is 1. The fourth-order valence-corrected chi connectivity index (χ4v) is 6.23. The van der Waals surface area contributed by atoms with E-state index in [0.717, 1.165) is 76.6 Å². The third-order valence-electron chi connectivity index (χ3n) is 8.45. The molecule has 204 valence electrons. The summed E-state index contributed by atoms with van der Waals surface area (Å²) in [7, 11) is 0. The average molecular weight is 535 g/mol. The zero-order valence-electron chi connectivity index (χ0n) is 23.1. The van der Waals surface area contributed by atoms with Crippen LogP contribution in [-0.4, -0.2) is 43.4 Å². The lowest BCUT2D eigenvalue weighted by Crippen LogP contribution is -2.36. The summed E-state index contributed by atoms with van der Waals surface area (Å²) in [6.45, 7) is 5.96. The molecule has 9 rings (SSSR count). The Morgan fingerprint density at radius 2 is 1.90 bits per heavy atom. The average Bonchev–Trinajstić information content (AvgIpc) is 3.36. The maximum atomic E-state index is 13.6. The fraction of sp³-hybridized carbons (Fsp3) is 0.333. The highest BCUT2D eigenvalue weighted by Gasteiger charge is 2.26. The number of rotatable bonds is 2. The number of carbonyl (C=O) groups excluding carboxylic acids is 1. The molecule has 40 heavy (non-hydrogen) atoms. The Labute approximate surface area is 234 Å². The number of benzene rings is 3. The number of carboxylic acids is 1. The highest BCUT2D eigenvalue weighted by molar-refractivity contribution is 5.96. The number of nitrogens with zero attached hydrogens (tertiary/aromatic N) is 4. The van der Waals surface area contributed by atoms with E-state index in [-0.39, 0.29) is 18.2 Å². The van der Waals surface area contributed by atoms with Gasteiger partial charge in [-0.05, 0) is 90.6 Å². The quantitative estimate of drug-likeness (QED) is 0.331. The van der Waals surface area contributed by atoms with Gasteiger partial charge in [-0.15, -0.1) is 5.10 Å². The van der Waals surface area contributed by atoms with Gasteiger partial charge in [0, 0.05) is 31.1 Å². The van der Waals surface area contributed by atoms with Gasteiger partial charge in [0.1, 0.15) is 5.52 Å². The summed E-state index contributed by atoms with van der Waals surface area (Å²) in [4.78, 5) is 27.6. The standard InChI is InChI=1S/C33H34N4O3/c1-21-17-23-7-5-3-4-6-15-37-30-13-12-28(22(2)32(30)34-35-37)29(19-31(38)39)25-10-9-24-14-16-36(20-26(24)18-25)33(40)27(21)11-8-23/h3,5,8-13,17-18,29H,4,6-7,14-16,19-20H2,1-2H3,(H,38,39)/b5-3+/t29-/m1/s1. The lowest BCUT2D eigenvalue weighted by Gasteiger charge is -2.30. The molecule has 6 heterocycles. The Balaban J connectivity index is 1.44. The van der Waals surface area contributed by atoms with Crippen LogP contribution in [0.15, 0.2) is 60.7 Å². The van der Waals surface area contributed by atoms with Gasteiger partial charge in [-0.3, -0.25) is 9.59 Å². The van der Waals surface area contributed by atoms with E-state index in [1.807, 2.05) is 41.6 Å². The van der Waals surface area contributed by atoms with E-state index >= 15 is 0 Å². The predicted octanol–water partition coefficient (Wildman–Crippen LogP) is 5.75. The number of allylic oxidation sites excluding steroid dienone is 2. The predicted molar refractivity (Wildman–Crippen MR) is 155 cm³/mol. The zero-order valence-corrected chi connectivity index (χ0v) is 23.1. The van der Waals surface area contributed by atoms with Crippen LogP contribution in [0.2, 0.25) is 0 Å². The molecule has 9 bridgehead atoms. The third-order valence-corrected chi connectivity index (χ3v) is 8.45. The molecule has 0 saturated carbocycles. The maximum absolute atomic E-state index is 13.6. The van der Waals surface area contributed by atoms with Crippen molar-refractivity contribution in [2.45, 2.75) is 65.0 Å².